The second kappa shape index (κ2) is 11.5. The van der Waals surface area contributed by atoms with Gasteiger partial charge in [0.2, 0.25) is 0 Å². The largest absolute Gasteiger partial charge is 0.349 e. The van der Waals surface area contributed by atoms with Crippen LogP contribution < -0.4 is 5.32 Å². The van der Waals surface area contributed by atoms with Gasteiger partial charge >= 0.3 is 0 Å². The Balaban J connectivity index is 1.74. The Bertz CT molecular complexity index is 780. The van der Waals surface area contributed by atoms with E-state index in [4.69, 9.17) is 0 Å². The Hall–Kier alpha value is -1.69. The molecule has 0 saturated heterocycles. The quantitative estimate of drug-likeness (QED) is 0.542. The summed E-state index contributed by atoms with van der Waals surface area (Å²) < 4.78 is 23.6. The van der Waals surface area contributed by atoms with Crippen LogP contribution in [0.3, 0.4) is 0 Å². The number of rotatable bonds is 11. The number of unbranched alkanes of at least 4 members (excludes halogenated alkanes) is 2. The molecule has 5 nitrogen and oxygen atoms in total. The van der Waals surface area contributed by atoms with Gasteiger partial charge in [-0.2, -0.15) is 0 Å². The van der Waals surface area contributed by atoms with Crippen LogP contribution in [0.5, 0.6) is 0 Å². The highest BCUT2D eigenvalue weighted by Crippen LogP contribution is 2.18. The summed E-state index contributed by atoms with van der Waals surface area (Å²) in [5, 5.41) is 2.77. The molecule has 162 valence electrons. The van der Waals surface area contributed by atoms with Crippen molar-refractivity contribution in [2.24, 2.45) is 0 Å². The Morgan fingerprint density at radius 2 is 1.79 bits per heavy atom. The van der Waals surface area contributed by atoms with Crippen LogP contribution in [0.2, 0.25) is 0 Å². The minimum atomic E-state index is -2.99. The van der Waals surface area contributed by atoms with Gasteiger partial charge in [-0.3, -0.25) is 9.59 Å². The Morgan fingerprint density at radius 1 is 1.07 bits per heavy atom. The molecule has 0 atom stereocenters. The molecule has 0 unspecified atom stereocenters. The maximum absolute atomic E-state index is 12.5. The number of amides is 1. The summed E-state index contributed by atoms with van der Waals surface area (Å²) in [5.74, 6) is 0.260. The molecule has 1 N–H and O–H groups in total. The van der Waals surface area contributed by atoms with E-state index in [-0.39, 0.29) is 28.7 Å². The number of benzene rings is 1. The third-order valence-corrected chi connectivity index (χ3v) is 7.93. The van der Waals surface area contributed by atoms with Crippen molar-refractivity contribution in [3.05, 3.63) is 35.4 Å². The van der Waals surface area contributed by atoms with Crippen molar-refractivity contribution in [3.8, 4) is 0 Å². The van der Waals surface area contributed by atoms with Crippen LogP contribution in [-0.2, 0) is 21.1 Å². The van der Waals surface area contributed by atoms with E-state index in [2.05, 4.69) is 5.32 Å². The van der Waals surface area contributed by atoms with Crippen LogP contribution in [0.1, 0.15) is 87.6 Å². The summed E-state index contributed by atoms with van der Waals surface area (Å²) in [6, 6.07) is 7.58. The molecular formula is C23H35NO4S. The summed E-state index contributed by atoms with van der Waals surface area (Å²) in [6.07, 6.45) is 8.48. The van der Waals surface area contributed by atoms with Crippen molar-refractivity contribution in [1.29, 1.82) is 0 Å². The highest BCUT2D eigenvalue weighted by molar-refractivity contribution is 7.91. The van der Waals surface area contributed by atoms with Gasteiger partial charge in [-0.05, 0) is 57.2 Å². The summed E-state index contributed by atoms with van der Waals surface area (Å²) in [4.78, 5) is 24.7. The molecular weight excluding hydrogens is 386 g/mol. The number of carbonyl (C=O) groups is 2. The van der Waals surface area contributed by atoms with Crippen molar-refractivity contribution < 1.29 is 18.0 Å². The number of nitrogens with one attached hydrogen (secondary N) is 1. The molecule has 0 heterocycles. The van der Waals surface area contributed by atoms with Gasteiger partial charge in [-0.15, -0.1) is 0 Å². The van der Waals surface area contributed by atoms with Crippen molar-refractivity contribution in [2.75, 3.05) is 5.75 Å². The summed E-state index contributed by atoms with van der Waals surface area (Å²) in [7, 11) is -2.99. The normalized spacial score (nSPS) is 15.4. The molecule has 1 aromatic carbocycles. The monoisotopic (exact) mass is 421 g/mol. The highest BCUT2D eigenvalue weighted by Gasteiger charge is 2.17. The number of hydrogen-bond acceptors (Lipinski definition) is 4. The SMILES string of the molecule is CC(C)S(=O)(=O)CCCCCC(=O)Cc1cccc(C(=O)NC2CCCCC2)c1. The van der Waals surface area contributed by atoms with E-state index in [0.717, 1.165) is 24.8 Å². The van der Waals surface area contributed by atoms with E-state index < -0.39 is 9.84 Å². The van der Waals surface area contributed by atoms with Gasteiger partial charge in [-0.1, -0.05) is 37.8 Å². The number of carbonyl (C=O) groups excluding carboxylic acids is 2. The van der Waals surface area contributed by atoms with E-state index in [9.17, 15) is 18.0 Å². The first-order chi connectivity index (χ1) is 13.8. The average molecular weight is 422 g/mol. The molecule has 1 fully saturated rings. The molecule has 2 rings (SSSR count). The topological polar surface area (TPSA) is 80.3 Å². The smallest absolute Gasteiger partial charge is 0.251 e. The first-order valence-corrected chi connectivity index (χ1v) is 12.6. The van der Waals surface area contributed by atoms with Crippen molar-refractivity contribution in [1.82, 2.24) is 5.32 Å². The van der Waals surface area contributed by atoms with Crippen LogP contribution in [0.4, 0.5) is 0 Å². The molecule has 0 bridgehead atoms. The molecule has 1 saturated carbocycles. The van der Waals surface area contributed by atoms with Crippen LogP contribution in [-0.4, -0.2) is 37.2 Å². The summed E-state index contributed by atoms with van der Waals surface area (Å²) >= 11 is 0. The lowest BCUT2D eigenvalue weighted by atomic mass is 9.95. The van der Waals surface area contributed by atoms with Gasteiger partial charge in [0.15, 0.2) is 9.84 Å². The second-order valence-corrected chi connectivity index (χ2v) is 11.1. The first-order valence-electron chi connectivity index (χ1n) is 10.9. The zero-order valence-corrected chi connectivity index (χ0v) is 18.6. The van der Waals surface area contributed by atoms with Crippen molar-refractivity contribution in [2.45, 2.75) is 89.3 Å². The number of hydrogen-bond donors (Lipinski definition) is 1. The summed E-state index contributed by atoms with van der Waals surface area (Å²) in [6.45, 7) is 3.39. The van der Waals surface area contributed by atoms with Crippen LogP contribution >= 0.6 is 0 Å². The zero-order chi connectivity index (χ0) is 21.3. The van der Waals surface area contributed by atoms with Gasteiger partial charge in [0.25, 0.3) is 5.91 Å². The molecule has 0 spiro atoms. The third kappa shape index (κ3) is 8.29. The second-order valence-electron chi connectivity index (χ2n) is 8.45. The highest BCUT2D eigenvalue weighted by atomic mass is 32.2. The van der Waals surface area contributed by atoms with E-state index in [0.29, 0.717) is 31.2 Å². The van der Waals surface area contributed by atoms with Gasteiger partial charge in [0.1, 0.15) is 5.78 Å². The molecule has 0 radical (unpaired) electrons. The maximum Gasteiger partial charge on any atom is 0.251 e. The maximum atomic E-state index is 12.5. The predicted molar refractivity (Wildman–Crippen MR) is 117 cm³/mol. The fraction of sp³-hybridized carbons (Fsp3) is 0.652. The minimum Gasteiger partial charge on any atom is -0.349 e. The van der Waals surface area contributed by atoms with E-state index >= 15 is 0 Å². The van der Waals surface area contributed by atoms with Gasteiger partial charge in [0, 0.05) is 24.4 Å². The Kier molecular flexibility index (Phi) is 9.34. The fourth-order valence-electron chi connectivity index (χ4n) is 3.69. The lowest BCUT2D eigenvalue weighted by Gasteiger charge is -2.22. The van der Waals surface area contributed by atoms with E-state index in [1.54, 1.807) is 19.9 Å². The van der Waals surface area contributed by atoms with Crippen LogP contribution in [0, 0.1) is 0 Å². The van der Waals surface area contributed by atoms with Crippen molar-refractivity contribution >= 4 is 21.5 Å². The number of sulfone groups is 1. The number of ketones is 1. The van der Waals surface area contributed by atoms with Crippen LogP contribution in [0.25, 0.3) is 0 Å². The van der Waals surface area contributed by atoms with Gasteiger partial charge in [0.05, 0.1) is 11.0 Å². The van der Waals surface area contributed by atoms with Gasteiger partial charge < -0.3 is 5.32 Å². The van der Waals surface area contributed by atoms with Gasteiger partial charge in [-0.25, -0.2) is 8.42 Å². The van der Waals surface area contributed by atoms with E-state index in [1.165, 1.54) is 19.3 Å². The zero-order valence-electron chi connectivity index (χ0n) is 17.8. The lowest BCUT2D eigenvalue weighted by molar-refractivity contribution is -0.118. The van der Waals surface area contributed by atoms with Crippen LogP contribution in [0.15, 0.2) is 24.3 Å². The fourth-order valence-corrected chi connectivity index (χ4v) is 4.77. The standard InChI is InChI=1S/C23H35NO4S/c1-18(2)29(27,28)15-8-4-7-14-22(25)17-19-10-9-11-20(16-19)23(26)24-21-12-5-3-6-13-21/h9-11,16,18,21H,3-8,12-15,17H2,1-2H3,(H,24,26). The average Bonchev–Trinajstić information content (AvgIpc) is 2.68. The molecule has 6 heteroatoms. The predicted octanol–water partition coefficient (Wildman–Crippen LogP) is 4.24. The Morgan fingerprint density at radius 3 is 2.48 bits per heavy atom. The molecule has 29 heavy (non-hydrogen) atoms. The lowest BCUT2D eigenvalue weighted by Crippen LogP contribution is -2.36. The van der Waals surface area contributed by atoms with E-state index in [1.807, 2.05) is 18.2 Å². The molecule has 1 aliphatic rings. The molecule has 0 aromatic heterocycles. The number of Topliss-reactive ketones (excluding diaryl/α,β-unsaturated/α-hetero) is 1. The molecule has 1 aliphatic carbocycles. The summed E-state index contributed by atoms with van der Waals surface area (Å²) in [5.41, 5.74) is 1.47. The molecule has 1 amide bonds. The Labute approximate surface area is 175 Å². The molecule has 0 aliphatic heterocycles. The first kappa shape index (κ1) is 23.6. The third-order valence-electron chi connectivity index (χ3n) is 5.63. The minimum absolute atomic E-state index is 0.0578. The van der Waals surface area contributed by atoms with Crippen molar-refractivity contribution in [3.63, 3.8) is 0 Å². The molecule has 1 aromatic rings.